The maximum atomic E-state index is 8.17. The van der Waals surface area contributed by atoms with Crippen LogP contribution in [0, 0.1) is 40.0 Å². The molecule has 4 heteroatoms. The topological polar surface area (TPSA) is 15.5 Å². The second-order valence-corrected chi connectivity index (χ2v) is 18.7. The van der Waals surface area contributed by atoms with Crippen LogP contribution >= 0.6 is 0 Å². The fraction of sp³-hybridized carbons (Fsp3) is 0.302. The van der Waals surface area contributed by atoms with Crippen molar-refractivity contribution in [3.8, 4) is 45.0 Å². The third kappa shape index (κ3) is 14.5. The molecule has 0 spiro atoms. The van der Waals surface area contributed by atoms with E-state index in [1.165, 1.54) is 29.3 Å². The minimum Gasteiger partial charge on any atom is -0.201 e. The van der Waals surface area contributed by atoms with Crippen LogP contribution in [-0.4, -0.2) is 0 Å². The highest BCUT2D eigenvalue weighted by Gasteiger charge is 2.16. The van der Waals surface area contributed by atoms with Crippen LogP contribution in [-0.2, 0) is 41.0 Å². The first-order valence-corrected chi connectivity index (χ1v) is 23.0. The van der Waals surface area contributed by atoms with Crippen molar-refractivity contribution in [3.05, 3.63) is 215 Å². The smallest absolute Gasteiger partial charge is 0.201 e. The van der Waals surface area contributed by atoms with Gasteiger partial charge < -0.3 is 0 Å². The average molecular weight is 901 g/mol. The van der Waals surface area contributed by atoms with Gasteiger partial charge in [0.25, 0.3) is 0 Å². The van der Waals surface area contributed by atoms with E-state index >= 15 is 0 Å². The van der Waals surface area contributed by atoms with Crippen molar-refractivity contribution in [2.45, 2.75) is 94.7 Å². The summed E-state index contributed by atoms with van der Waals surface area (Å²) in [6.45, 7) is 10.1. The fourth-order valence-corrected chi connectivity index (χ4v) is 8.21. The number of aryl methyl sites for hydroxylation is 10. The van der Waals surface area contributed by atoms with E-state index in [2.05, 4.69) is 92.5 Å². The number of pyridine rings is 4. The summed E-state index contributed by atoms with van der Waals surface area (Å²) in [5.74, 6) is -1.60. The van der Waals surface area contributed by atoms with Gasteiger partial charge in [0, 0.05) is 84.5 Å². The Morgan fingerprint density at radius 2 is 0.866 bits per heavy atom. The summed E-state index contributed by atoms with van der Waals surface area (Å²) in [4.78, 5) is 0. The van der Waals surface area contributed by atoms with Gasteiger partial charge in [-0.05, 0) is 146 Å². The van der Waals surface area contributed by atoms with Crippen molar-refractivity contribution in [1.29, 1.82) is 0 Å². The first-order valence-electron chi connectivity index (χ1n) is 28.0. The van der Waals surface area contributed by atoms with Crippen LogP contribution in [0.4, 0.5) is 0 Å². The lowest BCUT2D eigenvalue weighted by Gasteiger charge is -2.18. The molecule has 4 nitrogen and oxygen atoms in total. The molecule has 0 aliphatic heterocycles. The summed E-state index contributed by atoms with van der Waals surface area (Å²) in [6, 6.07) is 47.8. The molecule has 0 N–H and O–H groups in total. The Hall–Kier alpha value is -6.52. The fourth-order valence-electron chi connectivity index (χ4n) is 8.21. The Bertz CT molecular complexity index is 3170. The van der Waals surface area contributed by atoms with Crippen LogP contribution in [0.25, 0.3) is 45.0 Å². The normalized spacial score (nSPS) is 14.5. The molecule has 0 saturated carbocycles. The van der Waals surface area contributed by atoms with Gasteiger partial charge in [-0.3, -0.25) is 0 Å². The molecule has 4 aromatic carbocycles. The van der Waals surface area contributed by atoms with Crippen LogP contribution in [0.3, 0.4) is 0 Å². The van der Waals surface area contributed by atoms with E-state index < -0.39 is 26.4 Å². The van der Waals surface area contributed by atoms with Gasteiger partial charge in [-0.1, -0.05) is 95.5 Å². The van der Waals surface area contributed by atoms with Crippen LogP contribution in [0.5, 0.6) is 0 Å². The number of hydrogen-bond acceptors (Lipinski definition) is 0. The summed E-state index contributed by atoms with van der Waals surface area (Å²) in [5.41, 5.74) is 17.0. The molecule has 0 bridgehead atoms. The molecule has 0 saturated heterocycles. The Morgan fingerprint density at radius 1 is 0.478 bits per heavy atom. The van der Waals surface area contributed by atoms with Gasteiger partial charge in [0.05, 0.1) is 0 Å². The molecule has 1 atom stereocenters. The van der Waals surface area contributed by atoms with Crippen LogP contribution in [0.2, 0.25) is 0 Å². The van der Waals surface area contributed by atoms with Crippen LogP contribution in [0.1, 0.15) is 106 Å². The van der Waals surface area contributed by atoms with Crippen molar-refractivity contribution >= 4 is 0 Å². The first-order chi connectivity index (χ1) is 35.8. The molecule has 4 aromatic heterocycles. The number of nitrogens with zero attached hydrogens (tertiary/aromatic N) is 4. The van der Waals surface area contributed by atoms with Crippen molar-refractivity contribution in [3.63, 3.8) is 0 Å². The summed E-state index contributed by atoms with van der Waals surface area (Å²) in [7, 11) is 8.05. The van der Waals surface area contributed by atoms with Gasteiger partial charge in [0.15, 0.2) is 24.8 Å². The molecule has 67 heavy (non-hydrogen) atoms. The van der Waals surface area contributed by atoms with Gasteiger partial charge >= 0.3 is 0 Å². The standard InChI is InChI=1S/C18H24N.C16H20N.C15H18N.C14H16N/c1-14-12-15(13-18(2,3)4)9-10-16(14)17-8-6-7-11-19(17)5;1-12(2)14-8-9-15(13(3)11-14)16-7-5-6-10-17(16)4;1-4-13-8-9-14(12(2)11-13)15-7-5-6-10-16(15)3;1-11-7-8-13(12(2)10-11)14-6-4-5-9-15(14)3/h6-12H,13H2,1-5H3;5-12H,1-4H3;5-11H,4H2,1-3H3;4-10H,1-3H3/q4*+1/i;1D3,12D;2*1D3. The molecule has 4 heterocycles. The van der Waals surface area contributed by atoms with Crippen molar-refractivity contribution in [1.82, 2.24) is 0 Å². The zero-order valence-electron chi connectivity index (χ0n) is 51.9. The molecule has 0 aliphatic carbocycles. The van der Waals surface area contributed by atoms with Crippen LogP contribution in [0.15, 0.2) is 170 Å². The van der Waals surface area contributed by atoms with Gasteiger partial charge in [0.2, 0.25) is 22.8 Å². The number of benzene rings is 4. The minimum absolute atomic E-state index is 0.120. The molecule has 0 amide bonds. The third-order valence-corrected chi connectivity index (χ3v) is 11.7. The molecular formula is C63H78N4+4. The second kappa shape index (κ2) is 23.8. The van der Waals surface area contributed by atoms with Gasteiger partial charge in [-0.2, -0.15) is 0 Å². The van der Waals surface area contributed by atoms with Crippen molar-refractivity contribution < 1.29 is 32.0 Å². The lowest BCUT2D eigenvalue weighted by molar-refractivity contribution is -0.660. The Kier molecular flexibility index (Phi) is 13.7. The average Bonchev–Trinajstić information content (AvgIpc) is 3.32. The van der Waals surface area contributed by atoms with E-state index in [4.69, 9.17) is 13.7 Å². The monoisotopic (exact) mass is 901 g/mol. The molecule has 1 unspecified atom stereocenters. The zero-order valence-corrected chi connectivity index (χ0v) is 41.9. The van der Waals surface area contributed by atoms with Crippen molar-refractivity contribution in [2.75, 3.05) is 0 Å². The molecular weight excluding hydrogens is 813 g/mol. The maximum Gasteiger partial charge on any atom is 0.212 e. The number of aromatic nitrogens is 4. The van der Waals surface area contributed by atoms with Gasteiger partial charge in [-0.15, -0.1) is 0 Å². The molecule has 0 aliphatic rings. The van der Waals surface area contributed by atoms with E-state index in [1.807, 2.05) is 155 Å². The second-order valence-electron chi connectivity index (χ2n) is 18.7. The van der Waals surface area contributed by atoms with E-state index in [1.54, 1.807) is 18.2 Å². The summed E-state index contributed by atoms with van der Waals surface area (Å²) < 4.78 is 83.3. The van der Waals surface area contributed by atoms with E-state index in [9.17, 15) is 0 Å². The lowest BCUT2D eigenvalue weighted by Crippen LogP contribution is -2.30. The third-order valence-electron chi connectivity index (χ3n) is 11.7. The van der Waals surface area contributed by atoms with Gasteiger partial charge in [0.1, 0.15) is 28.2 Å². The maximum absolute atomic E-state index is 8.17. The highest BCUT2D eigenvalue weighted by atomic mass is 14.9. The summed E-state index contributed by atoms with van der Waals surface area (Å²) in [5, 5.41) is 0. The quantitative estimate of drug-likeness (QED) is 0.142. The highest BCUT2D eigenvalue weighted by Crippen LogP contribution is 2.27. The summed E-state index contributed by atoms with van der Waals surface area (Å²) >= 11 is 0. The van der Waals surface area contributed by atoms with E-state index in [0.29, 0.717) is 16.5 Å². The molecule has 8 aromatic rings. The minimum atomic E-state index is -2.35. The number of hydrogen-bond donors (Lipinski definition) is 0. The Morgan fingerprint density at radius 3 is 1.22 bits per heavy atom. The molecule has 8 rings (SSSR count). The summed E-state index contributed by atoms with van der Waals surface area (Å²) in [6.07, 6.45) is 9.29. The lowest BCUT2D eigenvalue weighted by atomic mass is 9.87. The largest absolute Gasteiger partial charge is 0.212 e. The number of rotatable bonds is 7. The predicted molar refractivity (Wildman–Crippen MR) is 283 cm³/mol. The highest BCUT2D eigenvalue weighted by molar-refractivity contribution is 5.64. The van der Waals surface area contributed by atoms with Gasteiger partial charge in [-0.25, -0.2) is 18.3 Å². The predicted octanol–water partition coefficient (Wildman–Crippen LogP) is 13.5. The van der Waals surface area contributed by atoms with Crippen LogP contribution < -0.4 is 18.3 Å². The van der Waals surface area contributed by atoms with Crippen molar-refractivity contribution in [2.24, 2.45) is 33.6 Å². The zero-order chi connectivity index (χ0) is 57.3. The first kappa shape index (κ1) is 38.6. The Labute approximate surface area is 419 Å². The molecule has 0 radical (unpaired) electrons. The van der Waals surface area contributed by atoms with E-state index in [-0.39, 0.29) is 6.42 Å². The van der Waals surface area contributed by atoms with E-state index in [0.717, 1.165) is 62.4 Å². The Balaban J connectivity index is 0.000000190. The molecule has 346 valence electrons. The molecule has 0 fully saturated rings. The SMILES string of the molecule is Cc1cc(CC(C)(C)C)ccc1-c1cccc[n+]1C.[2H]C([2H])([2H])C([2H])(C)c1ccc(-c2cccc[n+]2C)c(C)c1.[2H]C([2H])([2H])Cc1ccc(-c2cccc[n+]2C)c(C)c1.[2H]C([2H])([2H])c1ccc(-c2cccc[n+]2C)c(C)c1.